The number of nitrogens with zero attached hydrogens (tertiary/aromatic N) is 1. The zero-order chi connectivity index (χ0) is 17.0. The number of thiazole rings is 1. The molecule has 0 aliphatic carbocycles. The molecule has 0 aliphatic rings. The summed E-state index contributed by atoms with van der Waals surface area (Å²) in [7, 11) is 1.11. The summed E-state index contributed by atoms with van der Waals surface area (Å²) in [6.45, 7) is 0.188. The zero-order valence-corrected chi connectivity index (χ0v) is 13.4. The standard InChI is InChI=1S/C14H12ClF3N2O2S/c1-22-12(21)9(19-7-8-5-3-2-4-6-8)10-11(14(16,17)18)20-13(15)23-10/h2-6,9,19H,7H2,1H3. The molecule has 1 atom stereocenters. The summed E-state index contributed by atoms with van der Waals surface area (Å²) in [6, 6.07) is 7.65. The molecule has 1 N–H and O–H groups in total. The molecule has 23 heavy (non-hydrogen) atoms. The number of halogens is 4. The smallest absolute Gasteiger partial charge is 0.434 e. The molecule has 9 heteroatoms. The minimum Gasteiger partial charge on any atom is -0.468 e. The van der Waals surface area contributed by atoms with Gasteiger partial charge in [0, 0.05) is 6.54 Å². The van der Waals surface area contributed by atoms with Gasteiger partial charge in [0.25, 0.3) is 0 Å². The van der Waals surface area contributed by atoms with Crippen LogP contribution in [0, 0.1) is 0 Å². The third-order valence-electron chi connectivity index (χ3n) is 2.95. The fourth-order valence-electron chi connectivity index (χ4n) is 1.92. The van der Waals surface area contributed by atoms with Crippen molar-refractivity contribution < 1.29 is 22.7 Å². The lowest BCUT2D eigenvalue weighted by Gasteiger charge is -2.17. The van der Waals surface area contributed by atoms with Crippen LogP contribution >= 0.6 is 22.9 Å². The van der Waals surface area contributed by atoms with Crippen molar-refractivity contribution in [3.63, 3.8) is 0 Å². The minimum atomic E-state index is -4.71. The van der Waals surface area contributed by atoms with E-state index >= 15 is 0 Å². The number of rotatable bonds is 5. The van der Waals surface area contributed by atoms with Gasteiger partial charge >= 0.3 is 12.1 Å². The Labute approximate surface area is 139 Å². The third-order valence-corrected chi connectivity index (χ3v) is 4.17. The number of nitrogens with one attached hydrogen (secondary N) is 1. The molecule has 0 bridgehead atoms. The van der Waals surface area contributed by atoms with E-state index < -0.39 is 23.9 Å². The van der Waals surface area contributed by atoms with E-state index in [1.54, 1.807) is 24.3 Å². The molecule has 0 amide bonds. The molecule has 2 rings (SSSR count). The summed E-state index contributed by atoms with van der Waals surface area (Å²) in [4.78, 5) is 14.9. The number of carbonyl (C=O) groups is 1. The zero-order valence-electron chi connectivity index (χ0n) is 11.9. The molecule has 0 aliphatic heterocycles. The van der Waals surface area contributed by atoms with Gasteiger partial charge in [0.1, 0.15) is 6.04 Å². The Balaban J connectivity index is 2.31. The van der Waals surface area contributed by atoms with Crippen molar-refractivity contribution in [2.75, 3.05) is 7.11 Å². The molecule has 4 nitrogen and oxygen atoms in total. The molecule has 0 spiro atoms. The van der Waals surface area contributed by atoms with Crippen molar-refractivity contribution in [2.24, 2.45) is 0 Å². The van der Waals surface area contributed by atoms with E-state index in [2.05, 4.69) is 15.0 Å². The van der Waals surface area contributed by atoms with E-state index in [1.807, 2.05) is 6.07 Å². The monoisotopic (exact) mass is 364 g/mol. The number of hydrogen-bond donors (Lipinski definition) is 1. The average molecular weight is 365 g/mol. The van der Waals surface area contributed by atoms with Crippen molar-refractivity contribution >= 4 is 28.9 Å². The Bertz CT molecular complexity index is 676. The Kier molecular flexibility index (Phi) is 5.61. The van der Waals surface area contributed by atoms with E-state index in [0.717, 1.165) is 12.7 Å². The van der Waals surface area contributed by atoms with Gasteiger partial charge in [-0.25, -0.2) is 9.78 Å². The molecule has 0 radical (unpaired) electrons. The van der Waals surface area contributed by atoms with Gasteiger partial charge in [0.15, 0.2) is 10.2 Å². The summed E-state index contributed by atoms with van der Waals surface area (Å²) in [5.74, 6) is -0.841. The number of methoxy groups -OCH3 is 1. The van der Waals surface area contributed by atoms with Crippen LogP contribution in [0.3, 0.4) is 0 Å². The lowest BCUT2D eigenvalue weighted by molar-refractivity contribution is -0.145. The molecule has 124 valence electrons. The predicted molar refractivity (Wildman–Crippen MR) is 80.2 cm³/mol. The molecule has 1 aromatic heterocycles. The minimum absolute atomic E-state index is 0.188. The van der Waals surface area contributed by atoms with Gasteiger partial charge in [-0.15, -0.1) is 11.3 Å². The maximum Gasteiger partial charge on any atom is 0.434 e. The first-order chi connectivity index (χ1) is 10.8. The number of alkyl halides is 3. The van der Waals surface area contributed by atoms with Crippen LogP contribution in [0.2, 0.25) is 4.47 Å². The van der Waals surface area contributed by atoms with Crippen LogP contribution in [-0.4, -0.2) is 18.1 Å². The Morgan fingerprint density at radius 2 is 2.04 bits per heavy atom. The maximum atomic E-state index is 13.1. The Morgan fingerprint density at radius 1 is 1.39 bits per heavy atom. The van der Waals surface area contributed by atoms with E-state index in [0.29, 0.717) is 11.3 Å². The SMILES string of the molecule is COC(=O)C(NCc1ccccc1)c1sc(Cl)nc1C(F)(F)F. The van der Waals surface area contributed by atoms with Crippen molar-refractivity contribution in [2.45, 2.75) is 18.8 Å². The van der Waals surface area contributed by atoms with Crippen molar-refractivity contribution in [3.05, 3.63) is 50.9 Å². The molecule has 0 saturated carbocycles. The normalized spacial score (nSPS) is 12.9. The second-order valence-corrected chi connectivity index (χ2v) is 6.11. The summed E-state index contributed by atoms with van der Waals surface area (Å²) >= 11 is 6.21. The number of hydrogen-bond acceptors (Lipinski definition) is 5. The topological polar surface area (TPSA) is 51.2 Å². The number of aromatic nitrogens is 1. The summed E-state index contributed by atoms with van der Waals surface area (Å²) in [5, 5.41) is 2.77. The van der Waals surface area contributed by atoms with E-state index in [1.165, 1.54) is 0 Å². The maximum absolute atomic E-state index is 13.1. The fraction of sp³-hybridized carbons (Fsp3) is 0.286. The molecular weight excluding hydrogens is 353 g/mol. The highest BCUT2D eigenvalue weighted by Gasteiger charge is 2.41. The molecule has 0 fully saturated rings. The van der Waals surface area contributed by atoms with Crippen molar-refractivity contribution in [1.82, 2.24) is 10.3 Å². The molecule has 1 aromatic carbocycles. The third kappa shape index (κ3) is 4.43. The van der Waals surface area contributed by atoms with E-state index in [9.17, 15) is 18.0 Å². The molecular formula is C14H12ClF3N2O2S. The van der Waals surface area contributed by atoms with Crippen molar-refractivity contribution in [1.29, 1.82) is 0 Å². The lowest BCUT2D eigenvalue weighted by Crippen LogP contribution is -2.30. The summed E-state index contributed by atoms with van der Waals surface area (Å²) in [5.41, 5.74) is -0.367. The summed E-state index contributed by atoms with van der Waals surface area (Å²) < 4.78 is 43.5. The van der Waals surface area contributed by atoms with Gasteiger partial charge in [0.05, 0.1) is 12.0 Å². The molecule has 2 aromatic rings. The van der Waals surface area contributed by atoms with Gasteiger partial charge in [0.2, 0.25) is 0 Å². The van der Waals surface area contributed by atoms with Crippen LogP contribution in [0.25, 0.3) is 0 Å². The van der Waals surface area contributed by atoms with Gasteiger partial charge in [-0.3, -0.25) is 5.32 Å². The lowest BCUT2D eigenvalue weighted by atomic mass is 10.1. The first-order valence-electron chi connectivity index (χ1n) is 6.41. The largest absolute Gasteiger partial charge is 0.468 e. The van der Waals surface area contributed by atoms with Gasteiger partial charge in [-0.05, 0) is 5.56 Å². The Morgan fingerprint density at radius 3 is 2.61 bits per heavy atom. The van der Waals surface area contributed by atoms with Crippen LogP contribution in [-0.2, 0) is 22.3 Å². The van der Waals surface area contributed by atoms with Gasteiger partial charge in [-0.1, -0.05) is 41.9 Å². The van der Waals surface area contributed by atoms with E-state index in [4.69, 9.17) is 11.6 Å². The highest BCUT2D eigenvalue weighted by atomic mass is 35.5. The molecule has 1 heterocycles. The highest BCUT2D eigenvalue weighted by molar-refractivity contribution is 7.16. The van der Waals surface area contributed by atoms with E-state index in [-0.39, 0.29) is 15.9 Å². The van der Waals surface area contributed by atoms with Crippen LogP contribution in [0.5, 0.6) is 0 Å². The second-order valence-electron chi connectivity index (χ2n) is 4.50. The van der Waals surface area contributed by atoms with Crippen LogP contribution in [0.1, 0.15) is 22.2 Å². The quantitative estimate of drug-likeness (QED) is 0.819. The highest BCUT2D eigenvalue weighted by Crippen LogP contribution is 2.39. The van der Waals surface area contributed by atoms with Crippen LogP contribution < -0.4 is 5.32 Å². The van der Waals surface area contributed by atoms with Crippen LogP contribution in [0.15, 0.2) is 30.3 Å². The molecule has 1 unspecified atom stereocenters. The molecule has 0 saturated heterocycles. The first-order valence-corrected chi connectivity index (χ1v) is 7.61. The Hall–Kier alpha value is -1.64. The first kappa shape index (κ1) is 17.7. The number of ether oxygens (including phenoxy) is 1. The number of benzene rings is 1. The average Bonchev–Trinajstić information content (AvgIpc) is 2.90. The second kappa shape index (κ2) is 7.29. The van der Waals surface area contributed by atoms with Crippen LogP contribution in [0.4, 0.5) is 13.2 Å². The fourth-order valence-corrected chi connectivity index (χ4v) is 3.13. The van der Waals surface area contributed by atoms with Gasteiger partial charge < -0.3 is 4.74 Å². The van der Waals surface area contributed by atoms with Gasteiger partial charge in [-0.2, -0.15) is 13.2 Å². The van der Waals surface area contributed by atoms with Crippen molar-refractivity contribution in [3.8, 4) is 0 Å². The number of carbonyl (C=O) groups excluding carboxylic acids is 1. The summed E-state index contributed by atoms with van der Waals surface area (Å²) in [6.07, 6.45) is -4.71. The number of esters is 1. The predicted octanol–water partition coefficient (Wildman–Crippen LogP) is 3.82.